The summed E-state index contributed by atoms with van der Waals surface area (Å²) >= 11 is 6.05. The summed E-state index contributed by atoms with van der Waals surface area (Å²) in [6, 6.07) is 18.0. The van der Waals surface area contributed by atoms with E-state index < -0.39 is 0 Å². The fourth-order valence-corrected chi connectivity index (χ4v) is 5.08. The molecule has 0 aliphatic carbocycles. The van der Waals surface area contributed by atoms with Crippen LogP contribution in [0, 0.1) is 0 Å². The molecule has 2 N–H and O–H groups in total. The van der Waals surface area contributed by atoms with E-state index in [0.29, 0.717) is 10.3 Å². The van der Waals surface area contributed by atoms with E-state index in [-0.39, 0.29) is 11.7 Å². The van der Waals surface area contributed by atoms with E-state index in [1.807, 2.05) is 59.3 Å². The number of anilines is 1. The summed E-state index contributed by atoms with van der Waals surface area (Å²) < 4.78 is 2.84. The van der Waals surface area contributed by atoms with Crippen molar-refractivity contribution < 1.29 is 4.79 Å². The van der Waals surface area contributed by atoms with Gasteiger partial charge in [-0.15, -0.1) is 10.2 Å². The van der Waals surface area contributed by atoms with Gasteiger partial charge in [0, 0.05) is 28.4 Å². The first-order chi connectivity index (χ1) is 15.2. The highest BCUT2D eigenvalue weighted by molar-refractivity contribution is 9.11. The molecule has 0 aliphatic heterocycles. The van der Waals surface area contributed by atoms with Crippen molar-refractivity contribution in [3.63, 3.8) is 0 Å². The Hall–Kier alpha value is -2.95. The molecule has 0 saturated heterocycles. The summed E-state index contributed by atoms with van der Waals surface area (Å²) in [7, 11) is 0. The number of nitrogens with zero attached hydrogens (tertiary/aromatic N) is 4. The van der Waals surface area contributed by atoms with Gasteiger partial charge in [0.05, 0.1) is 15.7 Å². The lowest BCUT2D eigenvalue weighted by molar-refractivity contribution is -0.113. The van der Waals surface area contributed by atoms with Gasteiger partial charge < -0.3 is 10.3 Å². The molecule has 0 atom stereocenters. The maximum absolute atomic E-state index is 12.4. The molecule has 3 heterocycles. The summed E-state index contributed by atoms with van der Waals surface area (Å²) in [4.78, 5) is 19.8. The molecule has 10 heteroatoms. The molecule has 0 bridgehead atoms. The first-order valence-corrected chi connectivity index (χ1v) is 11.9. The molecule has 1 amide bonds. The van der Waals surface area contributed by atoms with Crippen LogP contribution in [-0.2, 0) is 4.79 Å². The Morgan fingerprint density at radius 3 is 2.74 bits per heavy atom. The van der Waals surface area contributed by atoms with Crippen LogP contribution in [0.5, 0.6) is 0 Å². The van der Waals surface area contributed by atoms with E-state index >= 15 is 0 Å². The zero-order valence-electron chi connectivity index (χ0n) is 15.9. The second-order valence-corrected chi connectivity index (χ2v) is 9.88. The summed E-state index contributed by atoms with van der Waals surface area (Å²) in [5, 5.41) is 13.9. The molecule has 3 aromatic heterocycles. The average Bonchev–Trinajstić information content (AvgIpc) is 3.50. The van der Waals surface area contributed by atoms with Crippen LogP contribution < -0.4 is 5.32 Å². The number of H-pyrrole nitrogens is 1. The number of aromatic amines is 1. The first kappa shape index (κ1) is 20.0. The van der Waals surface area contributed by atoms with Crippen molar-refractivity contribution in [3.8, 4) is 17.1 Å². The van der Waals surface area contributed by atoms with E-state index in [2.05, 4.69) is 47.5 Å². The second kappa shape index (κ2) is 8.66. The van der Waals surface area contributed by atoms with Crippen molar-refractivity contribution in [1.29, 1.82) is 0 Å². The highest BCUT2D eigenvalue weighted by atomic mass is 79.9. The van der Waals surface area contributed by atoms with Crippen LogP contribution in [0.1, 0.15) is 0 Å². The van der Waals surface area contributed by atoms with Gasteiger partial charge in [0.1, 0.15) is 0 Å². The predicted octanol–water partition coefficient (Wildman–Crippen LogP) is 5.37. The molecular formula is C21H15BrN6OS2. The Morgan fingerprint density at radius 2 is 1.94 bits per heavy atom. The van der Waals surface area contributed by atoms with E-state index in [4.69, 9.17) is 0 Å². The highest BCUT2D eigenvalue weighted by Crippen LogP contribution is 2.32. The Balaban J connectivity index is 1.47. The molecular weight excluding hydrogens is 496 g/mol. The number of amides is 1. The first-order valence-electron chi connectivity index (χ1n) is 9.30. The molecule has 31 heavy (non-hydrogen) atoms. The van der Waals surface area contributed by atoms with Crippen LogP contribution >= 0.6 is 39.0 Å². The molecule has 154 valence electrons. The van der Waals surface area contributed by atoms with E-state index in [9.17, 15) is 4.79 Å². The number of thiazole rings is 1. The van der Waals surface area contributed by atoms with Crippen LogP contribution in [0.25, 0.3) is 28.0 Å². The highest BCUT2D eigenvalue weighted by Gasteiger charge is 2.19. The maximum atomic E-state index is 12.4. The number of thioether (sulfide) groups is 1. The number of aromatic nitrogens is 5. The molecule has 7 nitrogen and oxygen atoms in total. The van der Waals surface area contributed by atoms with Crippen molar-refractivity contribution in [2.45, 2.75) is 5.16 Å². The van der Waals surface area contributed by atoms with Crippen LogP contribution in [0.4, 0.5) is 5.13 Å². The predicted molar refractivity (Wildman–Crippen MR) is 128 cm³/mol. The topological polar surface area (TPSA) is 88.5 Å². The molecule has 0 radical (unpaired) electrons. The lowest BCUT2D eigenvalue weighted by Crippen LogP contribution is -2.14. The lowest BCUT2D eigenvalue weighted by atomic mass is 10.1. The minimum atomic E-state index is -0.150. The lowest BCUT2D eigenvalue weighted by Gasteiger charge is -2.10. The van der Waals surface area contributed by atoms with Gasteiger partial charge in [-0.1, -0.05) is 59.5 Å². The number of fused-ring (bicyclic) bond motifs is 1. The Bertz CT molecular complexity index is 1360. The minimum Gasteiger partial charge on any atom is -0.360 e. The van der Waals surface area contributed by atoms with Crippen molar-refractivity contribution in [3.05, 3.63) is 70.8 Å². The maximum Gasteiger partial charge on any atom is 0.236 e. The number of nitrogens with one attached hydrogen (secondary N) is 2. The fraction of sp³-hybridized carbons (Fsp3) is 0.0476. The third-order valence-corrected chi connectivity index (χ3v) is 6.85. The van der Waals surface area contributed by atoms with Crippen LogP contribution in [0.3, 0.4) is 0 Å². The molecule has 5 rings (SSSR count). The van der Waals surface area contributed by atoms with Gasteiger partial charge in [0.2, 0.25) is 5.91 Å². The number of halogens is 1. The zero-order chi connectivity index (χ0) is 21.2. The average molecular weight is 511 g/mol. The SMILES string of the molecule is O=C(CSc1nnc(-c2c[nH]c3ccccc23)n1-c1ccccc1)Nc1ncc(Br)s1. The van der Waals surface area contributed by atoms with Gasteiger partial charge in [0.15, 0.2) is 16.1 Å². The summed E-state index contributed by atoms with van der Waals surface area (Å²) in [6.07, 6.45) is 3.60. The van der Waals surface area contributed by atoms with E-state index in [1.165, 1.54) is 23.1 Å². The van der Waals surface area contributed by atoms with Gasteiger partial charge in [-0.05, 0) is 34.1 Å². The minimum absolute atomic E-state index is 0.150. The smallest absolute Gasteiger partial charge is 0.236 e. The number of hydrogen-bond donors (Lipinski definition) is 2. The summed E-state index contributed by atoms with van der Waals surface area (Å²) in [5.41, 5.74) is 2.92. The van der Waals surface area contributed by atoms with Crippen molar-refractivity contribution in [2.75, 3.05) is 11.1 Å². The molecule has 0 spiro atoms. The van der Waals surface area contributed by atoms with Crippen molar-refractivity contribution >= 4 is 61.0 Å². The monoisotopic (exact) mass is 510 g/mol. The standard InChI is InChI=1S/C21H15BrN6OS2/c22-17-11-24-20(31-17)25-18(29)12-30-21-27-26-19(28(21)13-6-2-1-3-7-13)15-10-23-16-9-5-4-8-14(15)16/h1-11,23H,12H2,(H,24,25,29). The zero-order valence-corrected chi connectivity index (χ0v) is 19.2. The number of para-hydroxylation sites is 2. The molecule has 0 saturated carbocycles. The van der Waals surface area contributed by atoms with Crippen LogP contribution in [0.2, 0.25) is 0 Å². The molecule has 5 aromatic rings. The number of carbonyl (C=O) groups excluding carboxylic acids is 1. The quantitative estimate of drug-likeness (QED) is 0.300. The van der Waals surface area contributed by atoms with Crippen molar-refractivity contribution in [2.24, 2.45) is 0 Å². The third kappa shape index (κ3) is 4.14. The van der Waals surface area contributed by atoms with Crippen LogP contribution in [0.15, 0.2) is 75.9 Å². The van der Waals surface area contributed by atoms with E-state index in [0.717, 1.165) is 31.8 Å². The number of hydrogen-bond acceptors (Lipinski definition) is 6. The van der Waals surface area contributed by atoms with Gasteiger partial charge in [-0.3, -0.25) is 9.36 Å². The number of benzene rings is 2. The number of rotatable bonds is 6. The Labute approximate surface area is 194 Å². The second-order valence-electron chi connectivity index (χ2n) is 6.53. The third-order valence-electron chi connectivity index (χ3n) is 4.53. The molecule has 0 unspecified atom stereocenters. The molecule has 2 aromatic carbocycles. The molecule has 0 fully saturated rings. The Kier molecular flexibility index (Phi) is 5.58. The van der Waals surface area contributed by atoms with Gasteiger partial charge >= 0.3 is 0 Å². The Morgan fingerprint density at radius 1 is 1.13 bits per heavy atom. The van der Waals surface area contributed by atoms with Crippen molar-refractivity contribution in [1.82, 2.24) is 24.7 Å². The van der Waals surface area contributed by atoms with Gasteiger partial charge in [0.25, 0.3) is 0 Å². The summed E-state index contributed by atoms with van der Waals surface area (Å²) in [5.74, 6) is 0.759. The van der Waals surface area contributed by atoms with Crippen LogP contribution in [-0.4, -0.2) is 36.4 Å². The molecule has 0 aliphatic rings. The fourth-order valence-electron chi connectivity index (χ4n) is 3.20. The number of carbonyl (C=O) groups is 1. The van der Waals surface area contributed by atoms with Gasteiger partial charge in [-0.25, -0.2) is 4.98 Å². The largest absolute Gasteiger partial charge is 0.360 e. The summed E-state index contributed by atoms with van der Waals surface area (Å²) in [6.45, 7) is 0. The van der Waals surface area contributed by atoms with E-state index in [1.54, 1.807) is 6.20 Å². The van der Waals surface area contributed by atoms with Gasteiger partial charge in [-0.2, -0.15) is 0 Å². The normalized spacial score (nSPS) is 11.1.